The average molecular weight is 244 g/mol. The molecule has 0 saturated carbocycles. The first kappa shape index (κ1) is 13.0. The Morgan fingerprint density at radius 2 is 2.31 bits per heavy atom. The van der Waals surface area contributed by atoms with Crippen LogP contribution in [0.2, 0.25) is 0 Å². The van der Waals surface area contributed by atoms with Crippen molar-refractivity contribution in [3.8, 4) is 5.75 Å². The van der Waals surface area contributed by atoms with Crippen LogP contribution in [0.4, 0.5) is 0 Å². The van der Waals surface area contributed by atoms with Gasteiger partial charge in [-0.15, -0.1) is 11.3 Å². The Balaban J connectivity index is 2.84. The highest BCUT2D eigenvalue weighted by molar-refractivity contribution is 7.14. The molecule has 16 heavy (non-hydrogen) atoms. The molecular weight excluding hydrogens is 228 g/mol. The van der Waals surface area contributed by atoms with Gasteiger partial charge in [-0.1, -0.05) is 6.92 Å². The van der Waals surface area contributed by atoms with Crippen LogP contribution in [0.15, 0.2) is 6.07 Å². The predicted molar refractivity (Wildman–Crippen MR) is 62.6 cm³/mol. The normalized spacial score (nSPS) is 12.4. The van der Waals surface area contributed by atoms with E-state index in [1.54, 1.807) is 13.2 Å². The second-order valence-corrected chi connectivity index (χ2v) is 4.59. The van der Waals surface area contributed by atoms with E-state index < -0.39 is 5.97 Å². The van der Waals surface area contributed by atoms with Gasteiger partial charge in [0.05, 0.1) is 6.61 Å². The van der Waals surface area contributed by atoms with Gasteiger partial charge < -0.3 is 14.6 Å². The monoisotopic (exact) mass is 244 g/mol. The van der Waals surface area contributed by atoms with Crippen molar-refractivity contribution in [3.05, 3.63) is 15.8 Å². The molecule has 1 atom stereocenters. The van der Waals surface area contributed by atoms with Crippen LogP contribution in [0.5, 0.6) is 5.75 Å². The van der Waals surface area contributed by atoms with Gasteiger partial charge in [0.15, 0.2) is 4.88 Å². The van der Waals surface area contributed by atoms with Crippen molar-refractivity contribution >= 4 is 17.3 Å². The van der Waals surface area contributed by atoms with E-state index in [0.717, 1.165) is 11.3 Å². The smallest absolute Gasteiger partial charge is 0.349 e. The van der Waals surface area contributed by atoms with E-state index in [0.29, 0.717) is 12.4 Å². The molecule has 5 heteroatoms. The second-order valence-electron chi connectivity index (χ2n) is 3.45. The standard InChI is InChI=1S/C11H16O4S/c1-4-8-5-9(10(16-8)11(12)13)15-7(2)6-14-3/h5,7H,4,6H2,1-3H3,(H,12,13). The van der Waals surface area contributed by atoms with E-state index in [1.807, 2.05) is 13.8 Å². The van der Waals surface area contributed by atoms with Crippen molar-refractivity contribution in [2.24, 2.45) is 0 Å². The average Bonchev–Trinajstić information content (AvgIpc) is 2.61. The van der Waals surface area contributed by atoms with Crippen LogP contribution < -0.4 is 4.74 Å². The topological polar surface area (TPSA) is 55.8 Å². The number of carbonyl (C=O) groups is 1. The lowest BCUT2D eigenvalue weighted by Crippen LogP contribution is -2.18. The molecule has 0 radical (unpaired) electrons. The van der Waals surface area contributed by atoms with E-state index in [4.69, 9.17) is 14.6 Å². The van der Waals surface area contributed by atoms with Gasteiger partial charge in [0.1, 0.15) is 11.9 Å². The number of thiophene rings is 1. The summed E-state index contributed by atoms with van der Waals surface area (Å²) in [5, 5.41) is 9.02. The zero-order valence-electron chi connectivity index (χ0n) is 9.65. The number of rotatable bonds is 6. The fourth-order valence-corrected chi connectivity index (χ4v) is 2.19. The maximum absolute atomic E-state index is 11.0. The first-order valence-corrected chi connectivity index (χ1v) is 5.91. The number of hydrogen-bond donors (Lipinski definition) is 1. The van der Waals surface area contributed by atoms with Gasteiger partial charge in [-0.25, -0.2) is 4.79 Å². The molecule has 1 aromatic rings. The van der Waals surface area contributed by atoms with Crippen LogP contribution in [0.25, 0.3) is 0 Å². The molecule has 90 valence electrons. The summed E-state index contributed by atoms with van der Waals surface area (Å²) < 4.78 is 10.5. The molecular formula is C11H16O4S. The van der Waals surface area contributed by atoms with Crippen molar-refractivity contribution in [3.63, 3.8) is 0 Å². The van der Waals surface area contributed by atoms with E-state index in [2.05, 4.69) is 0 Å². The van der Waals surface area contributed by atoms with Crippen molar-refractivity contribution < 1.29 is 19.4 Å². The van der Waals surface area contributed by atoms with Gasteiger partial charge in [0, 0.05) is 12.0 Å². The zero-order chi connectivity index (χ0) is 12.1. The minimum Gasteiger partial charge on any atom is -0.487 e. The molecule has 0 saturated heterocycles. The molecule has 1 rings (SSSR count). The number of aryl methyl sites for hydroxylation is 1. The van der Waals surface area contributed by atoms with E-state index >= 15 is 0 Å². The summed E-state index contributed by atoms with van der Waals surface area (Å²) in [5.41, 5.74) is 0. The molecule has 0 spiro atoms. The van der Waals surface area contributed by atoms with Crippen LogP contribution in [-0.2, 0) is 11.2 Å². The lowest BCUT2D eigenvalue weighted by atomic mass is 10.3. The predicted octanol–water partition coefficient (Wildman–Crippen LogP) is 2.42. The van der Waals surface area contributed by atoms with Crippen LogP contribution in [0.1, 0.15) is 28.4 Å². The third kappa shape index (κ3) is 3.21. The van der Waals surface area contributed by atoms with Crippen LogP contribution in [0.3, 0.4) is 0 Å². The summed E-state index contributed by atoms with van der Waals surface area (Å²) in [6, 6.07) is 1.79. The summed E-state index contributed by atoms with van der Waals surface area (Å²) in [4.78, 5) is 12.3. The van der Waals surface area contributed by atoms with E-state index in [9.17, 15) is 4.79 Å². The van der Waals surface area contributed by atoms with Crippen molar-refractivity contribution in [2.75, 3.05) is 13.7 Å². The van der Waals surface area contributed by atoms with Crippen molar-refractivity contribution in [1.82, 2.24) is 0 Å². The summed E-state index contributed by atoms with van der Waals surface area (Å²) in [6.45, 7) is 4.27. The zero-order valence-corrected chi connectivity index (χ0v) is 10.5. The molecule has 0 bridgehead atoms. The van der Waals surface area contributed by atoms with Crippen LogP contribution in [-0.4, -0.2) is 30.9 Å². The Bertz CT molecular complexity index is 359. The Kier molecular flexibility index (Phi) is 4.76. The second kappa shape index (κ2) is 5.86. The summed E-state index contributed by atoms with van der Waals surface area (Å²) in [6.07, 6.45) is 0.662. The molecule has 0 amide bonds. The molecule has 1 heterocycles. The van der Waals surface area contributed by atoms with Gasteiger partial charge in [0.2, 0.25) is 0 Å². The molecule has 0 aliphatic rings. The molecule has 0 aromatic carbocycles. The maximum atomic E-state index is 11.0. The van der Waals surface area contributed by atoms with Gasteiger partial charge in [0.25, 0.3) is 0 Å². The number of methoxy groups -OCH3 is 1. The quantitative estimate of drug-likeness (QED) is 0.835. The third-order valence-electron chi connectivity index (χ3n) is 2.02. The highest BCUT2D eigenvalue weighted by atomic mass is 32.1. The van der Waals surface area contributed by atoms with Gasteiger partial charge in [-0.05, 0) is 19.4 Å². The molecule has 1 N–H and O–H groups in total. The molecule has 0 fully saturated rings. The Morgan fingerprint density at radius 3 is 2.81 bits per heavy atom. The van der Waals surface area contributed by atoms with Crippen LogP contribution in [0, 0.1) is 0 Å². The Labute approximate surface area is 98.8 Å². The SMILES string of the molecule is CCc1cc(OC(C)COC)c(C(=O)O)s1. The van der Waals surface area contributed by atoms with Crippen molar-refractivity contribution in [1.29, 1.82) is 0 Å². The molecule has 4 nitrogen and oxygen atoms in total. The van der Waals surface area contributed by atoms with Gasteiger partial charge in [-0.3, -0.25) is 0 Å². The minimum absolute atomic E-state index is 0.151. The first-order chi connectivity index (χ1) is 7.58. The first-order valence-electron chi connectivity index (χ1n) is 5.10. The summed E-state index contributed by atoms with van der Waals surface area (Å²) in [5.74, 6) is -0.497. The van der Waals surface area contributed by atoms with Gasteiger partial charge >= 0.3 is 5.97 Å². The summed E-state index contributed by atoms with van der Waals surface area (Å²) in [7, 11) is 1.59. The fourth-order valence-electron chi connectivity index (χ4n) is 1.32. The fraction of sp³-hybridized carbons (Fsp3) is 0.545. The number of ether oxygens (including phenoxy) is 2. The highest BCUT2D eigenvalue weighted by Crippen LogP contribution is 2.30. The number of aromatic carboxylic acids is 1. The lowest BCUT2D eigenvalue weighted by molar-refractivity contribution is 0.0681. The molecule has 1 unspecified atom stereocenters. The number of carboxylic acid groups (broad SMARTS) is 1. The van der Waals surface area contributed by atoms with Gasteiger partial charge in [-0.2, -0.15) is 0 Å². The largest absolute Gasteiger partial charge is 0.487 e. The Morgan fingerprint density at radius 1 is 1.62 bits per heavy atom. The number of carboxylic acids is 1. The van der Waals surface area contributed by atoms with Crippen LogP contribution >= 0.6 is 11.3 Å². The molecule has 0 aliphatic carbocycles. The Hall–Kier alpha value is -1.07. The summed E-state index contributed by atoms with van der Waals surface area (Å²) >= 11 is 1.26. The highest BCUT2D eigenvalue weighted by Gasteiger charge is 2.17. The molecule has 1 aromatic heterocycles. The van der Waals surface area contributed by atoms with Crippen molar-refractivity contribution in [2.45, 2.75) is 26.4 Å². The molecule has 0 aliphatic heterocycles. The lowest BCUT2D eigenvalue weighted by Gasteiger charge is -2.12. The van der Waals surface area contributed by atoms with E-state index in [-0.39, 0.29) is 11.0 Å². The maximum Gasteiger partial charge on any atom is 0.349 e. The third-order valence-corrected chi connectivity index (χ3v) is 3.27. The van der Waals surface area contributed by atoms with E-state index in [1.165, 1.54) is 11.3 Å². The number of hydrogen-bond acceptors (Lipinski definition) is 4. The minimum atomic E-state index is -0.940.